The third-order valence-corrected chi connectivity index (χ3v) is 4.02. The van der Waals surface area contributed by atoms with E-state index in [2.05, 4.69) is 45.9 Å². The van der Waals surface area contributed by atoms with Crippen LogP contribution in [0.25, 0.3) is 0 Å². The monoisotopic (exact) mass is 221 g/mol. The molecule has 2 rings (SSSR count). The third kappa shape index (κ3) is 1.67. The Morgan fingerprint density at radius 1 is 1.25 bits per heavy atom. The van der Waals surface area contributed by atoms with Gasteiger partial charge in [0.25, 0.3) is 0 Å². The van der Waals surface area contributed by atoms with Crippen LogP contribution < -0.4 is 5.73 Å². The average Bonchev–Trinajstić information content (AvgIpc) is 2.71. The molecule has 1 aromatic rings. The number of aromatic nitrogens is 2. The average molecular weight is 221 g/mol. The second-order valence-corrected chi connectivity index (χ2v) is 6.63. The highest BCUT2D eigenvalue weighted by atomic mass is 15.3. The van der Waals surface area contributed by atoms with Gasteiger partial charge in [0.05, 0.1) is 11.7 Å². The number of hydrogen-bond donors (Lipinski definition) is 1. The zero-order valence-corrected chi connectivity index (χ0v) is 11.0. The minimum atomic E-state index is -0.0151. The molecule has 0 atom stereocenters. The fourth-order valence-electron chi connectivity index (χ4n) is 2.06. The molecule has 1 aromatic heterocycles. The van der Waals surface area contributed by atoms with Crippen molar-refractivity contribution in [1.82, 2.24) is 9.78 Å². The third-order valence-electron chi connectivity index (χ3n) is 4.02. The van der Waals surface area contributed by atoms with Crippen LogP contribution in [0.3, 0.4) is 0 Å². The first-order chi connectivity index (χ1) is 7.17. The molecule has 1 heterocycles. The van der Waals surface area contributed by atoms with Gasteiger partial charge in [0.2, 0.25) is 0 Å². The Morgan fingerprint density at radius 3 is 2.19 bits per heavy atom. The van der Waals surface area contributed by atoms with E-state index in [1.165, 1.54) is 5.56 Å². The van der Waals surface area contributed by atoms with E-state index in [4.69, 9.17) is 5.73 Å². The lowest BCUT2D eigenvalue weighted by Crippen LogP contribution is -2.43. The van der Waals surface area contributed by atoms with Crippen molar-refractivity contribution in [1.29, 1.82) is 0 Å². The van der Waals surface area contributed by atoms with E-state index in [0.29, 0.717) is 0 Å². The lowest BCUT2D eigenvalue weighted by molar-refractivity contribution is 0.351. The molecule has 1 aliphatic rings. The van der Waals surface area contributed by atoms with Gasteiger partial charge >= 0.3 is 0 Å². The molecular weight excluding hydrogens is 198 g/mol. The van der Waals surface area contributed by atoms with Crippen LogP contribution >= 0.6 is 0 Å². The summed E-state index contributed by atoms with van der Waals surface area (Å²) in [5.41, 5.74) is 7.64. The first kappa shape index (κ1) is 11.6. The van der Waals surface area contributed by atoms with E-state index in [9.17, 15) is 0 Å². The fourth-order valence-corrected chi connectivity index (χ4v) is 2.06. The van der Waals surface area contributed by atoms with Gasteiger partial charge in [-0.05, 0) is 39.2 Å². The molecule has 0 unspecified atom stereocenters. The quantitative estimate of drug-likeness (QED) is 0.833. The van der Waals surface area contributed by atoms with Crippen molar-refractivity contribution in [3.63, 3.8) is 0 Å². The van der Waals surface area contributed by atoms with Gasteiger partial charge in [0, 0.05) is 17.2 Å². The van der Waals surface area contributed by atoms with Crippen molar-refractivity contribution >= 4 is 0 Å². The predicted octanol–water partition coefficient (Wildman–Crippen LogP) is 2.41. The molecule has 90 valence electrons. The first-order valence-electron chi connectivity index (χ1n) is 6.01. The van der Waals surface area contributed by atoms with E-state index in [0.717, 1.165) is 12.8 Å². The highest BCUT2D eigenvalue weighted by Crippen LogP contribution is 2.49. The smallest absolute Gasteiger partial charge is 0.0543 e. The molecule has 0 bridgehead atoms. The number of rotatable bonds is 2. The van der Waals surface area contributed by atoms with E-state index in [1.807, 2.05) is 10.9 Å². The van der Waals surface area contributed by atoms with Crippen molar-refractivity contribution in [2.45, 2.75) is 64.0 Å². The number of hydrogen-bond acceptors (Lipinski definition) is 2. The van der Waals surface area contributed by atoms with Crippen molar-refractivity contribution in [2.24, 2.45) is 5.73 Å². The lowest BCUT2D eigenvalue weighted by Gasteiger charge is -2.31. The Balaban J connectivity index is 2.32. The van der Waals surface area contributed by atoms with Crippen LogP contribution in [0.5, 0.6) is 0 Å². The standard InChI is InChI=1S/C13H23N3/c1-11(2,3)16-9-10(8-15-16)12(4,5)13(14)6-7-13/h8-9H,6-7,14H2,1-5H3. The van der Waals surface area contributed by atoms with E-state index in [-0.39, 0.29) is 16.5 Å². The van der Waals surface area contributed by atoms with Crippen molar-refractivity contribution < 1.29 is 0 Å². The second kappa shape index (κ2) is 3.10. The molecule has 0 saturated heterocycles. The molecule has 0 aliphatic heterocycles. The molecule has 0 spiro atoms. The first-order valence-corrected chi connectivity index (χ1v) is 6.01. The minimum absolute atomic E-state index is 0.0151. The van der Waals surface area contributed by atoms with Crippen molar-refractivity contribution in [2.75, 3.05) is 0 Å². The molecular formula is C13H23N3. The van der Waals surface area contributed by atoms with Gasteiger partial charge in [-0.2, -0.15) is 5.10 Å². The van der Waals surface area contributed by atoms with Crippen LogP contribution in [-0.4, -0.2) is 15.3 Å². The van der Waals surface area contributed by atoms with Crippen LogP contribution in [0, 0.1) is 0 Å². The fraction of sp³-hybridized carbons (Fsp3) is 0.769. The maximum Gasteiger partial charge on any atom is 0.0543 e. The summed E-state index contributed by atoms with van der Waals surface area (Å²) in [6.45, 7) is 10.9. The van der Waals surface area contributed by atoms with Gasteiger partial charge in [-0.3, -0.25) is 4.68 Å². The summed E-state index contributed by atoms with van der Waals surface area (Å²) in [6.07, 6.45) is 6.37. The van der Waals surface area contributed by atoms with Gasteiger partial charge < -0.3 is 5.73 Å². The van der Waals surface area contributed by atoms with Crippen molar-refractivity contribution in [3.8, 4) is 0 Å². The molecule has 2 N–H and O–H groups in total. The van der Waals surface area contributed by atoms with Crippen LogP contribution in [0.1, 0.15) is 53.0 Å². The van der Waals surface area contributed by atoms with Gasteiger partial charge in [-0.25, -0.2) is 0 Å². The highest BCUT2D eigenvalue weighted by molar-refractivity contribution is 5.29. The van der Waals surface area contributed by atoms with Crippen LogP contribution in [0.2, 0.25) is 0 Å². The molecule has 3 nitrogen and oxygen atoms in total. The van der Waals surface area contributed by atoms with E-state index in [1.54, 1.807) is 0 Å². The predicted molar refractivity (Wildman–Crippen MR) is 66.4 cm³/mol. The molecule has 16 heavy (non-hydrogen) atoms. The maximum absolute atomic E-state index is 6.34. The Bertz CT molecular complexity index is 392. The molecule has 0 amide bonds. The van der Waals surface area contributed by atoms with Gasteiger partial charge in [0.15, 0.2) is 0 Å². The van der Waals surface area contributed by atoms with Crippen molar-refractivity contribution in [3.05, 3.63) is 18.0 Å². The Hall–Kier alpha value is -0.830. The summed E-state index contributed by atoms with van der Waals surface area (Å²) in [5, 5.41) is 4.46. The molecule has 3 heteroatoms. The zero-order chi connectivity index (χ0) is 12.2. The topological polar surface area (TPSA) is 43.8 Å². The van der Waals surface area contributed by atoms with Gasteiger partial charge in [-0.1, -0.05) is 13.8 Å². The SMILES string of the molecule is CC(C)(C)n1cc(C(C)(C)C2(N)CC2)cn1. The Morgan fingerprint density at radius 2 is 1.81 bits per heavy atom. The summed E-state index contributed by atoms with van der Waals surface area (Å²) in [5.74, 6) is 0. The molecule has 1 fully saturated rings. The summed E-state index contributed by atoms with van der Waals surface area (Å²) >= 11 is 0. The molecule has 0 aromatic carbocycles. The summed E-state index contributed by atoms with van der Waals surface area (Å²) < 4.78 is 2.02. The van der Waals surface area contributed by atoms with Crippen LogP contribution in [0.15, 0.2) is 12.4 Å². The maximum atomic E-state index is 6.34. The van der Waals surface area contributed by atoms with E-state index < -0.39 is 0 Å². The number of nitrogens with two attached hydrogens (primary N) is 1. The van der Waals surface area contributed by atoms with Crippen LogP contribution in [0.4, 0.5) is 0 Å². The minimum Gasteiger partial charge on any atom is -0.324 e. The normalized spacial score (nSPS) is 19.9. The van der Waals surface area contributed by atoms with Gasteiger partial charge in [0.1, 0.15) is 0 Å². The summed E-state index contributed by atoms with van der Waals surface area (Å²) in [6, 6.07) is 0. The molecule has 1 aliphatic carbocycles. The molecule has 0 radical (unpaired) electrons. The van der Waals surface area contributed by atoms with E-state index >= 15 is 0 Å². The second-order valence-electron chi connectivity index (χ2n) is 6.63. The van der Waals surface area contributed by atoms with Gasteiger partial charge in [-0.15, -0.1) is 0 Å². The molecule has 1 saturated carbocycles. The number of nitrogens with zero attached hydrogens (tertiary/aromatic N) is 2. The highest BCUT2D eigenvalue weighted by Gasteiger charge is 2.52. The Labute approximate surface area is 98.0 Å². The van der Waals surface area contributed by atoms with Crippen LogP contribution in [-0.2, 0) is 11.0 Å². The lowest BCUT2D eigenvalue weighted by atomic mass is 9.77. The zero-order valence-electron chi connectivity index (χ0n) is 11.0. The summed E-state index contributed by atoms with van der Waals surface area (Å²) in [4.78, 5) is 0. The Kier molecular flexibility index (Phi) is 2.26. The summed E-state index contributed by atoms with van der Waals surface area (Å²) in [7, 11) is 0. The largest absolute Gasteiger partial charge is 0.324 e.